The van der Waals surface area contributed by atoms with Crippen LogP contribution in [0.15, 0.2) is 60.8 Å². The molecule has 176 valence electrons. The maximum atomic E-state index is 13.9. The van der Waals surface area contributed by atoms with E-state index in [4.69, 9.17) is 4.74 Å². The van der Waals surface area contributed by atoms with Crippen LogP contribution in [0.5, 0.6) is 0 Å². The summed E-state index contributed by atoms with van der Waals surface area (Å²) < 4.78 is 19.1. The molecule has 1 aromatic heterocycles. The van der Waals surface area contributed by atoms with Crippen LogP contribution in [0.25, 0.3) is 10.9 Å². The number of carbonyl (C=O) groups is 2. The summed E-state index contributed by atoms with van der Waals surface area (Å²) in [6, 6.07) is 16.3. The van der Waals surface area contributed by atoms with Crippen molar-refractivity contribution in [3.63, 3.8) is 0 Å². The van der Waals surface area contributed by atoms with E-state index in [1.165, 1.54) is 11.0 Å². The third-order valence-corrected chi connectivity index (χ3v) is 7.56. The summed E-state index contributed by atoms with van der Waals surface area (Å²) in [5, 5.41) is 0.874. The molecule has 1 saturated carbocycles. The number of halogens is 1. The molecular weight excluding hydrogens is 431 g/mol. The molecule has 1 aliphatic carbocycles. The van der Waals surface area contributed by atoms with Crippen molar-refractivity contribution >= 4 is 22.9 Å². The van der Waals surface area contributed by atoms with E-state index in [9.17, 15) is 14.0 Å². The zero-order valence-corrected chi connectivity index (χ0v) is 19.3. The van der Waals surface area contributed by atoms with Crippen LogP contribution in [0.3, 0.4) is 0 Å². The summed E-state index contributed by atoms with van der Waals surface area (Å²) in [6.07, 6.45) is 5.50. The molecule has 34 heavy (non-hydrogen) atoms. The molecule has 1 saturated heterocycles. The van der Waals surface area contributed by atoms with Crippen LogP contribution in [0, 0.1) is 17.7 Å². The molecule has 6 heteroatoms. The Morgan fingerprint density at radius 3 is 2.65 bits per heavy atom. The van der Waals surface area contributed by atoms with Gasteiger partial charge in [-0.2, -0.15) is 0 Å². The number of pyridine rings is 1. The van der Waals surface area contributed by atoms with Crippen LogP contribution in [0.4, 0.5) is 9.18 Å². The van der Waals surface area contributed by atoms with Crippen LogP contribution in [0.1, 0.15) is 49.7 Å². The Hall–Kier alpha value is -3.28. The maximum absolute atomic E-state index is 13.9. The van der Waals surface area contributed by atoms with Crippen LogP contribution in [0.2, 0.25) is 0 Å². The quantitative estimate of drug-likeness (QED) is 0.478. The number of benzene rings is 2. The lowest BCUT2D eigenvalue weighted by molar-refractivity contribution is -0.135. The largest absolute Gasteiger partial charge is 0.447 e. The first-order chi connectivity index (χ1) is 16.5. The molecule has 5 nitrogen and oxygen atoms in total. The Morgan fingerprint density at radius 2 is 1.88 bits per heavy atom. The van der Waals surface area contributed by atoms with Crippen molar-refractivity contribution in [2.24, 2.45) is 11.8 Å². The molecule has 2 aliphatic rings. The fourth-order valence-electron chi connectivity index (χ4n) is 5.61. The van der Waals surface area contributed by atoms with Gasteiger partial charge in [0.25, 0.3) is 0 Å². The number of nitrogens with zero attached hydrogens (tertiary/aromatic N) is 2. The third kappa shape index (κ3) is 4.41. The molecule has 2 fully saturated rings. The fraction of sp³-hybridized carbons (Fsp3) is 0.393. The molecule has 0 spiro atoms. The number of imide groups is 1. The van der Waals surface area contributed by atoms with Crippen molar-refractivity contribution in [3.05, 3.63) is 77.7 Å². The van der Waals surface area contributed by atoms with Gasteiger partial charge in [0.1, 0.15) is 12.4 Å². The van der Waals surface area contributed by atoms with Gasteiger partial charge in [-0.1, -0.05) is 37.3 Å². The van der Waals surface area contributed by atoms with Crippen LogP contribution < -0.4 is 0 Å². The molecule has 2 amide bonds. The summed E-state index contributed by atoms with van der Waals surface area (Å²) in [6.45, 7) is 2.18. The lowest BCUT2D eigenvalue weighted by Gasteiger charge is -2.34. The Balaban J connectivity index is 1.26. The highest BCUT2D eigenvalue weighted by Crippen LogP contribution is 2.41. The van der Waals surface area contributed by atoms with Gasteiger partial charge in [0, 0.05) is 17.5 Å². The Bertz CT molecular complexity index is 1190. The molecule has 2 atom stereocenters. The number of carbonyl (C=O) groups excluding carboxylic acids is 2. The smallest absolute Gasteiger partial charge is 0.416 e. The maximum Gasteiger partial charge on any atom is 0.416 e. The minimum absolute atomic E-state index is 0.136. The van der Waals surface area contributed by atoms with E-state index in [0.29, 0.717) is 12.3 Å². The molecule has 1 unspecified atom stereocenters. The highest BCUT2D eigenvalue weighted by Gasteiger charge is 2.42. The minimum Gasteiger partial charge on any atom is -0.447 e. The second-order valence-corrected chi connectivity index (χ2v) is 9.59. The number of fused-ring (bicyclic) bond motifs is 1. The van der Waals surface area contributed by atoms with Gasteiger partial charge in [-0.05, 0) is 79.3 Å². The summed E-state index contributed by atoms with van der Waals surface area (Å²) >= 11 is 0. The first kappa shape index (κ1) is 22.5. The van der Waals surface area contributed by atoms with Crippen LogP contribution >= 0.6 is 0 Å². The van der Waals surface area contributed by atoms with E-state index in [1.54, 1.807) is 18.3 Å². The molecular formula is C28H29FN2O3. The van der Waals surface area contributed by atoms with Crippen molar-refractivity contribution < 1.29 is 18.7 Å². The van der Waals surface area contributed by atoms with E-state index in [1.807, 2.05) is 43.3 Å². The van der Waals surface area contributed by atoms with Crippen molar-refractivity contribution in [1.82, 2.24) is 9.88 Å². The Labute approximate surface area is 198 Å². The first-order valence-electron chi connectivity index (χ1n) is 12.1. The lowest BCUT2D eigenvalue weighted by atomic mass is 9.73. The van der Waals surface area contributed by atoms with Crippen molar-refractivity contribution in [2.45, 2.75) is 51.0 Å². The molecule has 0 bridgehead atoms. The zero-order chi connectivity index (χ0) is 23.7. The minimum atomic E-state index is -0.531. The van der Waals surface area contributed by atoms with E-state index in [0.717, 1.165) is 47.7 Å². The van der Waals surface area contributed by atoms with E-state index in [2.05, 4.69) is 4.98 Å². The summed E-state index contributed by atoms with van der Waals surface area (Å²) in [4.78, 5) is 31.6. The van der Waals surface area contributed by atoms with Gasteiger partial charge in [0.15, 0.2) is 0 Å². The summed E-state index contributed by atoms with van der Waals surface area (Å²) in [7, 11) is 0. The molecule has 0 radical (unpaired) electrons. The standard InChI is InChI=1S/C28H29FN2O3/c1-18(27(32)31-23(17-34-28(31)33)15-19-5-3-2-4-6-19)20-7-9-21(10-8-20)24-13-14-30-26-12-11-22(29)16-25(24)26/h2-6,11-14,16,18,20-21,23H,7-10,15,17H2,1H3/t18?,20?,21?,23-/m1/s1. The average molecular weight is 461 g/mol. The monoisotopic (exact) mass is 460 g/mol. The van der Waals surface area contributed by atoms with Gasteiger partial charge >= 0.3 is 6.09 Å². The normalized spacial score (nSPS) is 23.6. The molecule has 3 aromatic rings. The fourth-order valence-corrected chi connectivity index (χ4v) is 5.61. The Morgan fingerprint density at radius 1 is 1.12 bits per heavy atom. The van der Waals surface area contributed by atoms with Gasteiger partial charge in [-0.3, -0.25) is 9.78 Å². The second kappa shape index (κ2) is 9.53. The molecule has 5 rings (SSSR count). The zero-order valence-electron chi connectivity index (χ0n) is 19.3. The number of aromatic nitrogens is 1. The lowest BCUT2D eigenvalue weighted by Crippen LogP contribution is -2.45. The van der Waals surface area contributed by atoms with Gasteiger partial charge in [-0.25, -0.2) is 14.1 Å². The highest BCUT2D eigenvalue weighted by atomic mass is 19.1. The second-order valence-electron chi connectivity index (χ2n) is 9.59. The van der Waals surface area contributed by atoms with Gasteiger partial charge in [-0.15, -0.1) is 0 Å². The topological polar surface area (TPSA) is 59.5 Å². The molecule has 2 heterocycles. The van der Waals surface area contributed by atoms with E-state index >= 15 is 0 Å². The molecule has 0 N–H and O–H groups in total. The number of ether oxygens (including phenoxy) is 1. The number of cyclic esters (lactones) is 1. The SMILES string of the molecule is CC(C(=O)N1C(=O)OC[C@H]1Cc1ccccc1)C1CCC(c2ccnc3ccc(F)cc23)CC1. The molecule has 1 aliphatic heterocycles. The number of hydrogen-bond acceptors (Lipinski definition) is 4. The predicted octanol–water partition coefficient (Wildman–Crippen LogP) is 5.87. The Kier molecular flexibility index (Phi) is 6.31. The number of amides is 2. The predicted molar refractivity (Wildman–Crippen MR) is 128 cm³/mol. The summed E-state index contributed by atoms with van der Waals surface area (Å²) in [5.41, 5.74) is 3.02. The number of rotatable bonds is 5. The van der Waals surface area contributed by atoms with Crippen molar-refractivity contribution in [1.29, 1.82) is 0 Å². The summed E-state index contributed by atoms with van der Waals surface area (Å²) in [5.74, 6) is -0.121. The van der Waals surface area contributed by atoms with Crippen molar-refractivity contribution in [3.8, 4) is 0 Å². The van der Waals surface area contributed by atoms with Crippen LogP contribution in [-0.2, 0) is 16.0 Å². The van der Waals surface area contributed by atoms with Gasteiger partial charge in [0.05, 0.1) is 11.6 Å². The average Bonchev–Trinajstić information content (AvgIpc) is 3.23. The molecule has 2 aromatic carbocycles. The first-order valence-corrected chi connectivity index (χ1v) is 12.1. The third-order valence-electron chi connectivity index (χ3n) is 7.56. The van der Waals surface area contributed by atoms with Gasteiger partial charge < -0.3 is 4.74 Å². The van der Waals surface area contributed by atoms with E-state index < -0.39 is 6.09 Å². The van der Waals surface area contributed by atoms with E-state index in [-0.39, 0.29) is 36.2 Å². The van der Waals surface area contributed by atoms with Gasteiger partial charge in [0.2, 0.25) is 5.91 Å². The highest BCUT2D eigenvalue weighted by molar-refractivity contribution is 5.94. The van der Waals surface area contributed by atoms with Crippen LogP contribution in [-0.4, -0.2) is 34.5 Å². The van der Waals surface area contributed by atoms with Crippen molar-refractivity contribution in [2.75, 3.05) is 6.61 Å². The number of hydrogen-bond donors (Lipinski definition) is 0.